The van der Waals surface area contributed by atoms with E-state index in [-0.39, 0.29) is 21.3 Å². The minimum absolute atomic E-state index is 0.0759. The van der Waals surface area contributed by atoms with Crippen LogP contribution in [0.15, 0.2) is 47.5 Å². The molecule has 0 fully saturated rings. The Kier molecular flexibility index (Phi) is 5.93. The summed E-state index contributed by atoms with van der Waals surface area (Å²) in [6.45, 7) is 4.25. The predicted octanol–water partition coefficient (Wildman–Crippen LogP) is 3.02. The van der Waals surface area contributed by atoms with Crippen LogP contribution in [0.3, 0.4) is 0 Å². The highest BCUT2D eigenvalue weighted by Gasteiger charge is 2.23. The predicted molar refractivity (Wildman–Crippen MR) is 93.7 cm³/mol. The monoisotopic (exact) mass is 367 g/mol. The van der Waals surface area contributed by atoms with Gasteiger partial charge in [0.25, 0.3) is 5.91 Å². The number of hydrogen-bond acceptors (Lipinski definition) is 4. The standard InChI is InChI=1S/C16H18ClN3O3S/c1-3-20(4-2)24(22,23)12-8-9-13(17)15(11-12)19-16(21)14-7-5-6-10-18-14/h5-11H,3-4H2,1-2H3,(H,19,21). The van der Waals surface area contributed by atoms with Crippen molar-refractivity contribution >= 4 is 33.2 Å². The van der Waals surface area contributed by atoms with Crippen molar-refractivity contribution in [1.29, 1.82) is 0 Å². The fourth-order valence-electron chi connectivity index (χ4n) is 2.16. The molecule has 0 saturated carbocycles. The zero-order valence-electron chi connectivity index (χ0n) is 13.4. The van der Waals surface area contributed by atoms with Crippen LogP contribution in [0.25, 0.3) is 0 Å². The minimum atomic E-state index is -3.63. The number of amides is 1. The minimum Gasteiger partial charge on any atom is -0.319 e. The average Bonchev–Trinajstić information content (AvgIpc) is 2.58. The van der Waals surface area contributed by atoms with E-state index in [1.54, 1.807) is 32.0 Å². The van der Waals surface area contributed by atoms with Crippen molar-refractivity contribution in [2.75, 3.05) is 18.4 Å². The second kappa shape index (κ2) is 7.74. The van der Waals surface area contributed by atoms with Crippen LogP contribution < -0.4 is 5.32 Å². The first-order valence-electron chi connectivity index (χ1n) is 7.42. The molecule has 0 bridgehead atoms. The number of nitrogens with zero attached hydrogens (tertiary/aromatic N) is 2. The van der Waals surface area contributed by atoms with Gasteiger partial charge in [0.1, 0.15) is 5.69 Å². The number of carbonyl (C=O) groups is 1. The number of halogens is 1. The zero-order chi connectivity index (χ0) is 17.7. The second-order valence-electron chi connectivity index (χ2n) is 4.90. The highest BCUT2D eigenvalue weighted by Crippen LogP contribution is 2.27. The van der Waals surface area contributed by atoms with Gasteiger partial charge in [-0.3, -0.25) is 9.78 Å². The normalized spacial score (nSPS) is 11.5. The van der Waals surface area contributed by atoms with Crippen LogP contribution in [-0.2, 0) is 10.0 Å². The van der Waals surface area contributed by atoms with Crippen molar-refractivity contribution in [3.05, 3.63) is 53.3 Å². The van der Waals surface area contributed by atoms with Crippen LogP contribution in [0.1, 0.15) is 24.3 Å². The Bertz CT molecular complexity index is 822. The maximum atomic E-state index is 12.6. The van der Waals surface area contributed by atoms with Crippen LogP contribution in [-0.4, -0.2) is 36.7 Å². The molecule has 0 aliphatic rings. The molecule has 8 heteroatoms. The lowest BCUT2D eigenvalue weighted by molar-refractivity contribution is 0.102. The summed E-state index contributed by atoms with van der Waals surface area (Å²) in [5, 5.41) is 2.85. The van der Waals surface area contributed by atoms with Crippen LogP contribution in [0.4, 0.5) is 5.69 Å². The molecule has 0 aliphatic carbocycles. The van der Waals surface area contributed by atoms with Gasteiger partial charge in [0.2, 0.25) is 10.0 Å². The molecule has 24 heavy (non-hydrogen) atoms. The molecule has 0 spiro atoms. The highest BCUT2D eigenvalue weighted by atomic mass is 35.5. The largest absolute Gasteiger partial charge is 0.319 e. The number of sulfonamides is 1. The summed E-state index contributed by atoms with van der Waals surface area (Å²) in [5.41, 5.74) is 0.436. The van der Waals surface area contributed by atoms with Crippen LogP contribution in [0.2, 0.25) is 5.02 Å². The Morgan fingerprint density at radius 1 is 1.21 bits per heavy atom. The van der Waals surface area contributed by atoms with Gasteiger partial charge in [0.15, 0.2) is 0 Å². The maximum Gasteiger partial charge on any atom is 0.274 e. The number of anilines is 1. The first kappa shape index (κ1) is 18.4. The molecule has 2 aromatic rings. The Balaban J connectivity index is 2.34. The number of carbonyl (C=O) groups excluding carboxylic acids is 1. The third kappa shape index (κ3) is 3.92. The van der Waals surface area contributed by atoms with Gasteiger partial charge in [-0.15, -0.1) is 0 Å². The molecule has 1 N–H and O–H groups in total. The molecule has 1 amide bonds. The first-order chi connectivity index (χ1) is 11.4. The van der Waals surface area contributed by atoms with Crippen molar-refractivity contribution in [3.8, 4) is 0 Å². The number of pyridine rings is 1. The Labute approximate surface area is 146 Å². The smallest absolute Gasteiger partial charge is 0.274 e. The summed E-state index contributed by atoms with van der Waals surface area (Å²) >= 11 is 6.08. The van der Waals surface area contributed by atoms with Crippen LogP contribution >= 0.6 is 11.6 Å². The van der Waals surface area contributed by atoms with E-state index in [2.05, 4.69) is 10.3 Å². The molecule has 6 nitrogen and oxygen atoms in total. The van der Waals surface area contributed by atoms with Crippen LogP contribution in [0, 0.1) is 0 Å². The summed E-state index contributed by atoms with van der Waals surface area (Å²) in [7, 11) is -3.63. The molecule has 1 aromatic heterocycles. The lowest BCUT2D eigenvalue weighted by Gasteiger charge is -2.19. The fraction of sp³-hybridized carbons (Fsp3) is 0.250. The maximum absolute atomic E-state index is 12.6. The highest BCUT2D eigenvalue weighted by molar-refractivity contribution is 7.89. The van der Waals surface area contributed by atoms with Crippen molar-refractivity contribution < 1.29 is 13.2 Å². The molecule has 128 valence electrons. The Hall–Kier alpha value is -1.96. The van der Waals surface area contributed by atoms with E-state index < -0.39 is 15.9 Å². The van der Waals surface area contributed by atoms with Gasteiger partial charge >= 0.3 is 0 Å². The number of benzene rings is 1. The average molecular weight is 368 g/mol. The number of hydrogen-bond donors (Lipinski definition) is 1. The van der Waals surface area contributed by atoms with E-state index in [4.69, 9.17) is 11.6 Å². The van der Waals surface area contributed by atoms with E-state index in [1.807, 2.05) is 0 Å². The van der Waals surface area contributed by atoms with E-state index >= 15 is 0 Å². The quantitative estimate of drug-likeness (QED) is 0.851. The molecule has 1 heterocycles. The van der Waals surface area contributed by atoms with Crippen LogP contribution in [0.5, 0.6) is 0 Å². The first-order valence-corrected chi connectivity index (χ1v) is 9.24. The SMILES string of the molecule is CCN(CC)S(=O)(=O)c1ccc(Cl)c(NC(=O)c2ccccn2)c1. The van der Waals surface area contributed by atoms with Crippen molar-refractivity contribution in [3.63, 3.8) is 0 Å². The second-order valence-corrected chi connectivity index (χ2v) is 7.25. The summed E-state index contributed by atoms with van der Waals surface area (Å²) in [5.74, 6) is -0.463. The zero-order valence-corrected chi connectivity index (χ0v) is 14.9. The molecular weight excluding hydrogens is 350 g/mol. The summed E-state index contributed by atoms with van der Waals surface area (Å²) in [4.78, 5) is 16.2. The summed E-state index contributed by atoms with van der Waals surface area (Å²) in [6, 6.07) is 9.17. The lowest BCUT2D eigenvalue weighted by Crippen LogP contribution is -2.30. The van der Waals surface area contributed by atoms with Gasteiger partial charge in [-0.25, -0.2) is 8.42 Å². The van der Waals surface area contributed by atoms with Crippen molar-refractivity contribution in [1.82, 2.24) is 9.29 Å². The van der Waals surface area contributed by atoms with Gasteiger partial charge in [0.05, 0.1) is 15.6 Å². The molecule has 0 unspecified atom stereocenters. The van der Waals surface area contributed by atoms with E-state index in [0.29, 0.717) is 13.1 Å². The van der Waals surface area contributed by atoms with Gasteiger partial charge in [-0.2, -0.15) is 4.31 Å². The van der Waals surface area contributed by atoms with Crippen molar-refractivity contribution in [2.45, 2.75) is 18.7 Å². The molecule has 0 radical (unpaired) electrons. The van der Waals surface area contributed by atoms with E-state index in [0.717, 1.165) is 0 Å². The Morgan fingerprint density at radius 3 is 2.50 bits per heavy atom. The number of aromatic nitrogens is 1. The van der Waals surface area contributed by atoms with E-state index in [9.17, 15) is 13.2 Å². The lowest BCUT2D eigenvalue weighted by atomic mass is 10.3. The molecule has 1 aromatic carbocycles. The van der Waals surface area contributed by atoms with Gasteiger partial charge < -0.3 is 5.32 Å². The number of rotatable bonds is 6. The van der Waals surface area contributed by atoms with Gasteiger partial charge in [0, 0.05) is 19.3 Å². The molecule has 0 aliphatic heterocycles. The fourth-order valence-corrected chi connectivity index (χ4v) is 3.81. The van der Waals surface area contributed by atoms with Gasteiger partial charge in [-0.1, -0.05) is 31.5 Å². The molecule has 0 saturated heterocycles. The molecule has 0 atom stereocenters. The third-order valence-electron chi connectivity index (χ3n) is 3.43. The van der Waals surface area contributed by atoms with Gasteiger partial charge in [-0.05, 0) is 30.3 Å². The molecule has 2 rings (SSSR count). The van der Waals surface area contributed by atoms with Crippen molar-refractivity contribution in [2.24, 2.45) is 0 Å². The number of nitrogens with one attached hydrogen (secondary N) is 1. The Morgan fingerprint density at radius 2 is 1.92 bits per heavy atom. The summed E-state index contributed by atoms with van der Waals surface area (Å²) in [6.07, 6.45) is 1.50. The third-order valence-corrected chi connectivity index (χ3v) is 5.80. The topological polar surface area (TPSA) is 79.4 Å². The molecular formula is C16H18ClN3O3S. The summed E-state index contributed by atoms with van der Waals surface area (Å²) < 4.78 is 26.5. The van der Waals surface area contributed by atoms with E-state index in [1.165, 1.54) is 28.7 Å².